The van der Waals surface area contributed by atoms with Crippen molar-refractivity contribution in [3.05, 3.63) is 95.1 Å². The summed E-state index contributed by atoms with van der Waals surface area (Å²) in [6.45, 7) is 0.433. The average molecular weight is 430 g/mol. The highest BCUT2D eigenvalue weighted by Gasteiger charge is 2.28. The van der Waals surface area contributed by atoms with Gasteiger partial charge < -0.3 is 10.1 Å². The number of amides is 1. The van der Waals surface area contributed by atoms with E-state index in [1.165, 1.54) is 22.3 Å². The third-order valence-electron chi connectivity index (χ3n) is 5.23. The van der Waals surface area contributed by atoms with E-state index in [-0.39, 0.29) is 30.7 Å². The number of ketones is 1. The monoisotopic (exact) mass is 429 g/mol. The molecule has 0 aliphatic heterocycles. The van der Waals surface area contributed by atoms with Crippen LogP contribution in [0, 0.1) is 11.8 Å². The van der Waals surface area contributed by atoms with Crippen LogP contribution in [0.5, 0.6) is 0 Å². The number of alkyl halides is 1. The predicted octanol–water partition coefficient (Wildman–Crippen LogP) is 5.00. The van der Waals surface area contributed by atoms with Crippen molar-refractivity contribution in [2.24, 2.45) is 0 Å². The zero-order chi connectivity index (χ0) is 21.6. The summed E-state index contributed by atoms with van der Waals surface area (Å²) < 4.78 is 5.48. The Hall–Kier alpha value is -3.55. The average Bonchev–Trinajstić information content (AvgIpc) is 3.14. The number of carbonyl (C=O) groups excluding carboxylic acids is 2. The zero-order valence-corrected chi connectivity index (χ0v) is 17.5. The number of fused-ring (bicyclic) bond motifs is 3. The second kappa shape index (κ2) is 9.51. The molecular weight excluding hydrogens is 410 g/mol. The minimum absolute atomic E-state index is 0.0263. The minimum Gasteiger partial charge on any atom is -0.449 e. The topological polar surface area (TPSA) is 55.4 Å². The van der Waals surface area contributed by atoms with Crippen molar-refractivity contribution in [1.82, 2.24) is 5.32 Å². The molecule has 1 N–H and O–H groups in total. The van der Waals surface area contributed by atoms with Gasteiger partial charge in [-0.3, -0.25) is 4.79 Å². The van der Waals surface area contributed by atoms with E-state index in [0.717, 1.165) is 5.56 Å². The first-order chi connectivity index (χ1) is 15.2. The first-order valence-corrected chi connectivity index (χ1v) is 10.5. The molecule has 154 valence electrons. The van der Waals surface area contributed by atoms with Crippen LogP contribution < -0.4 is 5.32 Å². The summed E-state index contributed by atoms with van der Waals surface area (Å²) in [6, 6.07) is 23.3. The molecule has 0 bridgehead atoms. The molecule has 3 aromatic carbocycles. The Morgan fingerprint density at radius 2 is 1.52 bits per heavy atom. The molecule has 0 saturated heterocycles. The van der Waals surface area contributed by atoms with Gasteiger partial charge in [0.05, 0.1) is 12.4 Å². The fourth-order valence-electron chi connectivity index (χ4n) is 3.73. The van der Waals surface area contributed by atoms with E-state index in [2.05, 4.69) is 41.4 Å². The molecule has 0 radical (unpaired) electrons. The minimum atomic E-state index is -0.501. The van der Waals surface area contributed by atoms with Crippen molar-refractivity contribution in [2.45, 2.75) is 5.92 Å². The quantitative estimate of drug-likeness (QED) is 0.353. The molecule has 3 aromatic rings. The van der Waals surface area contributed by atoms with Crippen LogP contribution in [0.2, 0.25) is 0 Å². The number of hydrogen-bond donors (Lipinski definition) is 1. The van der Waals surface area contributed by atoms with Crippen LogP contribution in [0.3, 0.4) is 0 Å². The molecule has 4 rings (SSSR count). The molecule has 0 aromatic heterocycles. The maximum atomic E-state index is 12.1. The van der Waals surface area contributed by atoms with E-state index in [1.807, 2.05) is 24.3 Å². The van der Waals surface area contributed by atoms with Gasteiger partial charge in [-0.05, 0) is 34.4 Å². The summed E-state index contributed by atoms with van der Waals surface area (Å²) in [5.41, 5.74) is 6.03. The number of alkyl carbamates (subject to hydrolysis) is 1. The Morgan fingerprint density at radius 1 is 0.903 bits per heavy atom. The molecule has 0 unspecified atom stereocenters. The maximum Gasteiger partial charge on any atom is 0.407 e. The SMILES string of the molecule is O=C(NCC#Cc1ccc(C(=O)CCl)cc1)OCC1c2ccccc2-c2ccccc21. The van der Waals surface area contributed by atoms with E-state index in [0.29, 0.717) is 5.56 Å². The molecule has 1 aliphatic rings. The molecule has 5 heteroatoms. The van der Waals surface area contributed by atoms with E-state index < -0.39 is 6.09 Å². The number of Topliss-reactive ketones (excluding diaryl/α,β-unsaturated/α-hetero) is 1. The van der Waals surface area contributed by atoms with Crippen molar-refractivity contribution >= 4 is 23.5 Å². The molecule has 0 spiro atoms. The van der Waals surface area contributed by atoms with Crippen LogP contribution in [0.25, 0.3) is 11.1 Å². The van der Waals surface area contributed by atoms with Gasteiger partial charge in [0.2, 0.25) is 0 Å². The number of benzene rings is 3. The number of halogens is 1. The summed E-state index contributed by atoms with van der Waals surface area (Å²) in [6.07, 6.45) is -0.501. The Balaban J connectivity index is 1.31. The number of ether oxygens (including phenoxy) is 1. The van der Waals surface area contributed by atoms with Crippen molar-refractivity contribution < 1.29 is 14.3 Å². The van der Waals surface area contributed by atoms with E-state index in [9.17, 15) is 9.59 Å². The number of hydrogen-bond acceptors (Lipinski definition) is 3. The van der Waals surface area contributed by atoms with Crippen LogP contribution in [0.1, 0.15) is 33.0 Å². The fraction of sp³-hybridized carbons (Fsp3) is 0.154. The molecule has 0 heterocycles. The molecule has 0 saturated carbocycles. The lowest BCUT2D eigenvalue weighted by molar-refractivity contribution is 0.102. The van der Waals surface area contributed by atoms with Crippen molar-refractivity contribution in [1.29, 1.82) is 0 Å². The number of carbonyl (C=O) groups is 2. The summed E-state index contributed by atoms with van der Waals surface area (Å²) in [4.78, 5) is 23.7. The maximum absolute atomic E-state index is 12.1. The van der Waals surface area contributed by atoms with Gasteiger partial charge in [0, 0.05) is 17.0 Å². The lowest BCUT2D eigenvalue weighted by Crippen LogP contribution is -2.26. The van der Waals surface area contributed by atoms with Crippen molar-refractivity contribution in [3.63, 3.8) is 0 Å². The van der Waals surface area contributed by atoms with Crippen LogP contribution in [0.15, 0.2) is 72.8 Å². The Morgan fingerprint density at radius 3 is 2.13 bits per heavy atom. The summed E-state index contributed by atoms with van der Waals surface area (Å²) in [7, 11) is 0. The summed E-state index contributed by atoms with van der Waals surface area (Å²) in [5.74, 6) is 5.68. The molecule has 1 aliphatic carbocycles. The van der Waals surface area contributed by atoms with E-state index >= 15 is 0 Å². The van der Waals surface area contributed by atoms with Crippen LogP contribution in [-0.4, -0.2) is 30.9 Å². The summed E-state index contributed by atoms with van der Waals surface area (Å²) in [5, 5.41) is 2.66. The first kappa shape index (κ1) is 20.7. The highest BCUT2D eigenvalue weighted by Crippen LogP contribution is 2.44. The predicted molar refractivity (Wildman–Crippen MR) is 121 cm³/mol. The first-order valence-electron chi connectivity index (χ1n) is 9.94. The van der Waals surface area contributed by atoms with Gasteiger partial charge in [0.15, 0.2) is 5.78 Å². The Bertz CT molecular complexity index is 1130. The molecular formula is C26H20ClNO3. The summed E-state index contributed by atoms with van der Waals surface area (Å²) >= 11 is 5.55. The fourth-order valence-corrected chi connectivity index (χ4v) is 3.88. The van der Waals surface area contributed by atoms with Gasteiger partial charge in [-0.25, -0.2) is 4.79 Å². The van der Waals surface area contributed by atoms with Crippen LogP contribution in [-0.2, 0) is 4.74 Å². The van der Waals surface area contributed by atoms with E-state index in [4.69, 9.17) is 16.3 Å². The standard InChI is InChI=1S/C26H20ClNO3/c27-16-25(29)19-13-11-18(12-14-19)6-5-15-28-26(30)31-17-24-22-9-3-1-7-20(22)21-8-2-4-10-23(21)24/h1-4,7-14,24H,15-17H2,(H,28,30). The van der Waals surface area contributed by atoms with Gasteiger partial charge >= 0.3 is 6.09 Å². The van der Waals surface area contributed by atoms with Crippen LogP contribution >= 0.6 is 11.6 Å². The lowest BCUT2D eigenvalue weighted by atomic mass is 9.98. The second-order valence-electron chi connectivity index (χ2n) is 7.12. The van der Waals surface area contributed by atoms with Gasteiger partial charge in [0.1, 0.15) is 6.61 Å². The Labute approximate surface area is 186 Å². The Kier molecular flexibility index (Phi) is 6.35. The third-order valence-corrected chi connectivity index (χ3v) is 5.47. The zero-order valence-electron chi connectivity index (χ0n) is 16.7. The molecule has 0 fully saturated rings. The number of rotatable bonds is 5. The van der Waals surface area contributed by atoms with Crippen molar-refractivity contribution in [2.75, 3.05) is 19.0 Å². The largest absolute Gasteiger partial charge is 0.449 e. The van der Waals surface area contributed by atoms with Gasteiger partial charge in [-0.2, -0.15) is 0 Å². The molecule has 31 heavy (non-hydrogen) atoms. The smallest absolute Gasteiger partial charge is 0.407 e. The molecule has 4 nitrogen and oxygen atoms in total. The molecule has 1 amide bonds. The highest BCUT2D eigenvalue weighted by molar-refractivity contribution is 6.30. The van der Waals surface area contributed by atoms with Crippen molar-refractivity contribution in [3.8, 4) is 23.0 Å². The van der Waals surface area contributed by atoms with Crippen LogP contribution in [0.4, 0.5) is 4.79 Å². The normalized spacial score (nSPS) is 11.6. The highest BCUT2D eigenvalue weighted by atomic mass is 35.5. The third kappa shape index (κ3) is 4.63. The lowest BCUT2D eigenvalue weighted by Gasteiger charge is -2.14. The van der Waals surface area contributed by atoms with E-state index in [1.54, 1.807) is 24.3 Å². The second-order valence-corrected chi connectivity index (χ2v) is 7.38. The van der Waals surface area contributed by atoms with Gasteiger partial charge in [-0.15, -0.1) is 11.6 Å². The van der Waals surface area contributed by atoms with Gasteiger partial charge in [-0.1, -0.05) is 72.5 Å². The molecule has 0 atom stereocenters. The van der Waals surface area contributed by atoms with Gasteiger partial charge in [0.25, 0.3) is 0 Å². The number of nitrogens with one attached hydrogen (secondary N) is 1.